The Kier molecular flexibility index (Phi) is 5.69. The zero-order valence-electron chi connectivity index (χ0n) is 9.39. The van der Waals surface area contributed by atoms with Crippen molar-refractivity contribution < 1.29 is 0 Å². The highest BCUT2D eigenvalue weighted by Gasteiger charge is 2.04. The second-order valence-electron chi connectivity index (χ2n) is 3.45. The second kappa shape index (κ2) is 7.10. The van der Waals surface area contributed by atoms with Gasteiger partial charge >= 0.3 is 0 Å². The number of benzene rings is 1. The Balaban J connectivity index is 2.48. The standard InChI is InChI=1S/C12H16ClN3/c1-2-6-15-7-8-16-12-5-3-4-11(13)10(12)9-14/h3-5,15-16H,2,6-8H2,1H3. The minimum atomic E-state index is 0.494. The summed E-state index contributed by atoms with van der Waals surface area (Å²) in [6.45, 7) is 4.81. The maximum Gasteiger partial charge on any atom is 0.103 e. The molecule has 0 bridgehead atoms. The first kappa shape index (κ1) is 12.8. The van der Waals surface area contributed by atoms with Crippen LogP contribution in [0.4, 0.5) is 5.69 Å². The predicted molar refractivity (Wildman–Crippen MR) is 67.8 cm³/mol. The average Bonchev–Trinajstić information content (AvgIpc) is 2.29. The molecule has 0 radical (unpaired) electrons. The number of hydrogen-bond donors (Lipinski definition) is 2. The Bertz CT molecular complexity index is 371. The van der Waals surface area contributed by atoms with E-state index in [1.54, 1.807) is 6.07 Å². The van der Waals surface area contributed by atoms with Crippen molar-refractivity contribution in [3.05, 3.63) is 28.8 Å². The van der Waals surface area contributed by atoms with Gasteiger partial charge in [-0.25, -0.2) is 0 Å². The molecule has 0 amide bonds. The van der Waals surface area contributed by atoms with Crippen molar-refractivity contribution in [1.82, 2.24) is 5.32 Å². The van der Waals surface area contributed by atoms with Crippen LogP contribution in [0.3, 0.4) is 0 Å². The molecule has 0 saturated heterocycles. The number of halogens is 1. The Morgan fingerprint density at radius 1 is 1.31 bits per heavy atom. The molecule has 4 heteroatoms. The summed E-state index contributed by atoms with van der Waals surface area (Å²) >= 11 is 5.91. The van der Waals surface area contributed by atoms with E-state index in [-0.39, 0.29) is 0 Å². The van der Waals surface area contributed by atoms with Gasteiger partial charge in [-0.2, -0.15) is 5.26 Å². The summed E-state index contributed by atoms with van der Waals surface area (Å²) in [6.07, 6.45) is 1.13. The van der Waals surface area contributed by atoms with Crippen LogP contribution in [-0.2, 0) is 0 Å². The first-order chi connectivity index (χ1) is 7.79. The van der Waals surface area contributed by atoms with E-state index in [1.165, 1.54) is 0 Å². The number of nitriles is 1. The lowest BCUT2D eigenvalue weighted by Gasteiger charge is -2.09. The smallest absolute Gasteiger partial charge is 0.103 e. The third kappa shape index (κ3) is 3.73. The third-order valence-electron chi connectivity index (χ3n) is 2.17. The molecule has 0 saturated carbocycles. The number of nitrogens with one attached hydrogen (secondary N) is 2. The molecule has 3 nitrogen and oxygen atoms in total. The summed E-state index contributed by atoms with van der Waals surface area (Å²) in [5, 5.41) is 15.9. The Hall–Kier alpha value is -1.24. The Morgan fingerprint density at radius 2 is 2.12 bits per heavy atom. The molecule has 0 spiro atoms. The van der Waals surface area contributed by atoms with Crippen LogP contribution in [0.1, 0.15) is 18.9 Å². The molecule has 1 aromatic rings. The summed E-state index contributed by atoms with van der Waals surface area (Å²) in [5.74, 6) is 0. The number of nitrogens with zero attached hydrogens (tertiary/aromatic N) is 1. The molecular weight excluding hydrogens is 222 g/mol. The zero-order valence-corrected chi connectivity index (χ0v) is 10.1. The van der Waals surface area contributed by atoms with Gasteiger partial charge in [0.25, 0.3) is 0 Å². The molecule has 0 heterocycles. The molecular formula is C12H16ClN3. The van der Waals surface area contributed by atoms with Crippen molar-refractivity contribution in [3.63, 3.8) is 0 Å². The first-order valence-electron chi connectivity index (χ1n) is 5.42. The maximum atomic E-state index is 8.95. The maximum absolute atomic E-state index is 8.95. The summed E-state index contributed by atoms with van der Waals surface area (Å²) < 4.78 is 0. The third-order valence-corrected chi connectivity index (χ3v) is 2.48. The molecule has 0 atom stereocenters. The Labute approximate surface area is 101 Å². The highest BCUT2D eigenvalue weighted by Crippen LogP contribution is 2.22. The molecule has 1 aromatic carbocycles. The lowest BCUT2D eigenvalue weighted by molar-refractivity contribution is 0.688. The fourth-order valence-corrected chi connectivity index (χ4v) is 1.59. The molecule has 0 aliphatic rings. The van der Waals surface area contributed by atoms with Crippen LogP contribution in [0.5, 0.6) is 0 Å². The van der Waals surface area contributed by atoms with Gasteiger partial charge in [-0.1, -0.05) is 24.6 Å². The molecule has 0 fully saturated rings. The van der Waals surface area contributed by atoms with Crippen LogP contribution < -0.4 is 10.6 Å². The van der Waals surface area contributed by atoms with E-state index in [0.717, 1.165) is 31.7 Å². The van der Waals surface area contributed by atoms with Gasteiger partial charge < -0.3 is 10.6 Å². The molecule has 86 valence electrons. The molecule has 16 heavy (non-hydrogen) atoms. The van der Waals surface area contributed by atoms with Crippen LogP contribution in [0.2, 0.25) is 5.02 Å². The van der Waals surface area contributed by atoms with Gasteiger partial charge in [0.2, 0.25) is 0 Å². The van der Waals surface area contributed by atoms with Crippen molar-refractivity contribution in [2.75, 3.05) is 25.0 Å². The highest BCUT2D eigenvalue weighted by atomic mass is 35.5. The predicted octanol–water partition coefficient (Wildman–Crippen LogP) is 2.62. The van der Waals surface area contributed by atoms with Crippen molar-refractivity contribution in [1.29, 1.82) is 5.26 Å². The number of rotatable bonds is 6. The van der Waals surface area contributed by atoms with Gasteiger partial charge in [0.05, 0.1) is 16.3 Å². The van der Waals surface area contributed by atoms with Crippen molar-refractivity contribution in [2.45, 2.75) is 13.3 Å². The van der Waals surface area contributed by atoms with Gasteiger partial charge in [-0.15, -0.1) is 0 Å². The molecule has 2 N–H and O–H groups in total. The van der Waals surface area contributed by atoms with E-state index in [1.807, 2.05) is 12.1 Å². The summed E-state index contributed by atoms with van der Waals surface area (Å²) in [4.78, 5) is 0. The lowest BCUT2D eigenvalue weighted by Crippen LogP contribution is -2.22. The average molecular weight is 238 g/mol. The van der Waals surface area contributed by atoms with E-state index in [4.69, 9.17) is 16.9 Å². The topological polar surface area (TPSA) is 47.8 Å². The van der Waals surface area contributed by atoms with E-state index < -0.39 is 0 Å². The van der Waals surface area contributed by atoms with Crippen molar-refractivity contribution in [3.8, 4) is 6.07 Å². The fraction of sp³-hybridized carbons (Fsp3) is 0.417. The van der Waals surface area contributed by atoms with E-state index in [0.29, 0.717) is 10.6 Å². The van der Waals surface area contributed by atoms with Gasteiger partial charge in [0.1, 0.15) is 6.07 Å². The normalized spacial score (nSPS) is 9.81. The minimum Gasteiger partial charge on any atom is -0.383 e. The van der Waals surface area contributed by atoms with Gasteiger partial charge in [0, 0.05) is 13.1 Å². The van der Waals surface area contributed by atoms with Crippen LogP contribution in [0.25, 0.3) is 0 Å². The van der Waals surface area contributed by atoms with Crippen LogP contribution in [-0.4, -0.2) is 19.6 Å². The molecule has 0 aliphatic carbocycles. The quantitative estimate of drug-likeness (QED) is 0.748. The van der Waals surface area contributed by atoms with Crippen LogP contribution >= 0.6 is 11.6 Å². The molecule has 0 unspecified atom stereocenters. The number of hydrogen-bond acceptors (Lipinski definition) is 3. The first-order valence-corrected chi connectivity index (χ1v) is 5.80. The van der Waals surface area contributed by atoms with Gasteiger partial charge in [-0.3, -0.25) is 0 Å². The summed E-state index contributed by atoms with van der Waals surface area (Å²) in [5.41, 5.74) is 1.31. The SMILES string of the molecule is CCCNCCNc1cccc(Cl)c1C#N. The summed E-state index contributed by atoms with van der Waals surface area (Å²) in [6, 6.07) is 7.53. The van der Waals surface area contributed by atoms with Gasteiger partial charge in [0.15, 0.2) is 0 Å². The van der Waals surface area contributed by atoms with Gasteiger partial charge in [-0.05, 0) is 25.1 Å². The monoisotopic (exact) mass is 237 g/mol. The zero-order chi connectivity index (χ0) is 11.8. The molecule has 0 aliphatic heterocycles. The van der Waals surface area contributed by atoms with Crippen molar-refractivity contribution >= 4 is 17.3 Å². The Morgan fingerprint density at radius 3 is 2.81 bits per heavy atom. The van der Waals surface area contributed by atoms with Crippen LogP contribution in [0.15, 0.2) is 18.2 Å². The van der Waals surface area contributed by atoms with E-state index in [9.17, 15) is 0 Å². The molecule has 0 aromatic heterocycles. The van der Waals surface area contributed by atoms with Crippen LogP contribution in [0, 0.1) is 11.3 Å². The van der Waals surface area contributed by atoms with Crippen molar-refractivity contribution in [2.24, 2.45) is 0 Å². The summed E-state index contributed by atoms with van der Waals surface area (Å²) in [7, 11) is 0. The minimum absolute atomic E-state index is 0.494. The fourth-order valence-electron chi connectivity index (χ4n) is 1.37. The second-order valence-corrected chi connectivity index (χ2v) is 3.86. The molecule has 1 rings (SSSR count). The lowest BCUT2D eigenvalue weighted by atomic mass is 10.2. The van der Waals surface area contributed by atoms with E-state index in [2.05, 4.69) is 23.6 Å². The van der Waals surface area contributed by atoms with E-state index >= 15 is 0 Å². The number of anilines is 1. The largest absolute Gasteiger partial charge is 0.383 e. The highest BCUT2D eigenvalue weighted by molar-refractivity contribution is 6.32.